The summed E-state index contributed by atoms with van der Waals surface area (Å²) in [6.07, 6.45) is -0.181. The van der Waals surface area contributed by atoms with Crippen LogP contribution in [0.25, 0.3) is 0 Å². The van der Waals surface area contributed by atoms with Gasteiger partial charge in [-0.05, 0) is 12.3 Å². The summed E-state index contributed by atoms with van der Waals surface area (Å²) in [7, 11) is 1.60. The highest BCUT2D eigenvalue weighted by molar-refractivity contribution is 5.26. The molecule has 0 N–H and O–H groups in total. The number of aromatic nitrogens is 2. The number of hydrogen-bond donors (Lipinski definition) is 0. The van der Waals surface area contributed by atoms with Crippen molar-refractivity contribution < 1.29 is 9.26 Å². The highest BCUT2D eigenvalue weighted by Crippen LogP contribution is 2.63. The van der Waals surface area contributed by atoms with Gasteiger partial charge < -0.3 is 9.26 Å². The predicted octanol–water partition coefficient (Wildman–Crippen LogP) is 2.04. The SMILES string of the molecule is COC(C)c1noc(C2C(C#N)C2(C)C)n1. The molecule has 3 unspecified atom stereocenters. The van der Waals surface area contributed by atoms with E-state index in [0.717, 1.165) is 0 Å². The summed E-state index contributed by atoms with van der Waals surface area (Å²) in [5, 5.41) is 12.8. The lowest BCUT2D eigenvalue weighted by molar-refractivity contribution is 0.109. The Morgan fingerprint density at radius 1 is 1.56 bits per heavy atom. The maximum atomic E-state index is 8.97. The summed E-state index contributed by atoms with van der Waals surface area (Å²) in [4.78, 5) is 4.28. The first kappa shape index (κ1) is 11.1. The molecule has 3 atom stereocenters. The lowest BCUT2D eigenvalue weighted by Gasteiger charge is -2.01. The maximum absolute atomic E-state index is 8.97. The van der Waals surface area contributed by atoms with E-state index in [1.54, 1.807) is 7.11 Å². The molecule has 1 aromatic heterocycles. The molecule has 0 aliphatic heterocycles. The zero-order valence-electron chi connectivity index (χ0n) is 9.89. The average Bonchev–Trinajstić information content (AvgIpc) is 2.67. The van der Waals surface area contributed by atoms with Gasteiger partial charge >= 0.3 is 0 Å². The molecule has 0 saturated heterocycles. The Labute approximate surface area is 94.4 Å². The highest BCUT2D eigenvalue weighted by Gasteiger charge is 2.62. The van der Waals surface area contributed by atoms with E-state index in [4.69, 9.17) is 14.5 Å². The van der Waals surface area contributed by atoms with Crippen molar-refractivity contribution in [3.63, 3.8) is 0 Å². The average molecular weight is 221 g/mol. The van der Waals surface area contributed by atoms with Crippen molar-refractivity contribution in [2.24, 2.45) is 11.3 Å². The molecule has 1 aliphatic rings. The summed E-state index contributed by atoms with van der Waals surface area (Å²) in [6, 6.07) is 2.27. The Kier molecular flexibility index (Phi) is 2.47. The van der Waals surface area contributed by atoms with Crippen LogP contribution in [-0.2, 0) is 4.74 Å². The lowest BCUT2D eigenvalue weighted by atomic mass is 10.1. The van der Waals surface area contributed by atoms with E-state index in [0.29, 0.717) is 11.7 Å². The van der Waals surface area contributed by atoms with Crippen LogP contribution in [0.4, 0.5) is 0 Å². The Balaban J connectivity index is 2.19. The Hall–Kier alpha value is -1.41. The minimum Gasteiger partial charge on any atom is -0.374 e. The third-order valence-electron chi connectivity index (χ3n) is 3.41. The maximum Gasteiger partial charge on any atom is 0.231 e. The molecule has 0 amide bonds. The van der Waals surface area contributed by atoms with Crippen molar-refractivity contribution in [1.29, 1.82) is 5.26 Å². The minimum atomic E-state index is -0.181. The molecule has 1 aromatic rings. The second kappa shape index (κ2) is 3.56. The standard InChI is InChI=1S/C11H15N3O2/c1-6(15-4)9-13-10(16-14-9)8-7(5-12)11(8,2)3/h6-8H,1-4H3. The van der Waals surface area contributed by atoms with Crippen LogP contribution < -0.4 is 0 Å². The second-order valence-electron chi connectivity index (χ2n) is 4.77. The molecule has 1 saturated carbocycles. The number of rotatable bonds is 3. The van der Waals surface area contributed by atoms with E-state index in [1.165, 1.54) is 0 Å². The Morgan fingerprint density at radius 2 is 2.25 bits per heavy atom. The van der Waals surface area contributed by atoms with Gasteiger partial charge in [0, 0.05) is 7.11 Å². The molecule has 86 valence electrons. The molecule has 1 fully saturated rings. The van der Waals surface area contributed by atoms with Gasteiger partial charge in [0.05, 0.1) is 17.9 Å². The van der Waals surface area contributed by atoms with Crippen molar-refractivity contribution in [3.8, 4) is 6.07 Å². The van der Waals surface area contributed by atoms with E-state index < -0.39 is 0 Å². The smallest absolute Gasteiger partial charge is 0.231 e. The number of hydrogen-bond acceptors (Lipinski definition) is 5. The van der Waals surface area contributed by atoms with Crippen molar-refractivity contribution >= 4 is 0 Å². The summed E-state index contributed by atoms with van der Waals surface area (Å²) in [6.45, 7) is 5.93. The van der Waals surface area contributed by atoms with Gasteiger partial charge in [0.25, 0.3) is 0 Å². The molecule has 1 heterocycles. The van der Waals surface area contributed by atoms with E-state index in [9.17, 15) is 0 Å². The minimum absolute atomic E-state index is 0.0290. The van der Waals surface area contributed by atoms with Gasteiger partial charge in [-0.25, -0.2) is 0 Å². The van der Waals surface area contributed by atoms with Gasteiger partial charge in [-0.2, -0.15) is 10.2 Å². The van der Waals surface area contributed by atoms with Crippen LogP contribution in [0, 0.1) is 22.7 Å². The molecule has 2 rings (SSSR count). The Bertz CT molecular complexity index is 433. The topological polar surface area (TPSA) is 71.9 Å². The quantitative estimate of drug-likeness (QED) is 0.781. The lowest BCUT2D eigenvalue weighted by Crippen LogP contribution is -1.98. The first-order valence-corrected chi connectivity index (χ1v) is 5.28. The number of nitriles is 1. The van der Waals surface area contributed by atoms with Crippen molar-refractivity contribution in [3.05, 3.63) is 11.7 Å². The predicted molar refractivity (Wildman–Crippen MR) is 55.3 cm³/mol. The van der Waals surface area contributed by atoms with E-state index in [1.807, 2.05) is 20.8 Å². The fraction of sp³-hybridized carbons (Fsp3) is 0.727. The van der Waals surface area contributed by atoms with Crippen LogP contribution in [0.3, 0.4) is 0 Å². The fourth-order valence-corrected chi connectivity index (χ4v) is 1.98. The van der Waals surface area contributed by atoms with Crippen LogP contribution in [0.5, 0.6) is 0 Å². The van der Waals surface area contributed by atoms with Crippen molar-refractivity contribution in [2.75, 3.05) is 7.11 Å². The van der Waals surface area contributed by atoms with Gasteiger partial charge in [-0.3, -0.25) is 0 Å². The third kappa shape index (κ3) is 1.50. The molecular formula is C11H15N3O2. The fourth-order valence-electron chi connectivity index (χ4n) is 1.98. The zero-order valence-corrected chi connectivity index (χ0v) is 9.89. The second-order valence-corrected chi connectivity index (χ2v) is 4.77. The third-order valence-corrected chi connectivity index (χ3v) is 3.41. The summed E-state index contributed by atoms with van der Waals surface area (Å²) in [5.74, 6) is 1.12. The molecule has 5 nitrogen and oxygen atoms in total. The van der Waals surface area contributed by atoms with Gasteiger partial charge in [0.2, 0.25) is 5.89 Å². The van der Waals surface area contributed by atoms with Crippen LogP contribution >= 0.6 is 0 Å². The first-order valence-electron chi connectivity index (χ1n) is 5.28. The van der Waals surface area contributed by atoms with Crippen LogP contribution in [-0.4, -0.2) is 17.3 Å². The number of nitrogens with zero attached hydrogens (tertiary/aromatic N) is 3. The van der Waals surface area contributed by atoms with Gasteiger partial charge in [0.15, 0.2) is 5.82 Å². The molecule has 16 heavy (non-hydrogen) atoms. The molecule has 1 aliphatic carbocycles. The van der Waals surface area contributed by atoms with E-state index in [2.05, 4.69) is 16.2 Å². The summed E-state index contributed by atoms with van der Waals surface area (Å²) < 4.78 is 10.3. The van der Waals surface area contributed by atoms with E-state index in [-0.39, 0.29) is 23.4 Å². The van der Waals surface area contributed by atoms with Crippen molar-refractivity contribution in [2.45, 2.75) is 32.8 Å². The summed E-state index contributed by atoms with van der Waals surface area (Å²) >= 11 is 0. The number of methoxy groups -OCH3 is 1. The van der Waals surface area contributed by atoms with Gasteiger partial charge in [-0.1, -0.05) is 19.0 Å². The summed E-state index contributed by atoms with van der Waals surface area (Å²) in [5.41, 5.74) is -0.0607. The largest absolute Gasteiger partial charge is 0.374 e. The normalized spacial score (nSPS) is 28.4. The first-order chi connectivity index (χ1) is 7.52. The number of ether oxygens (including phenoxy) is 1. The molecule has 0 spiro atoms. The molecular weight excluding hydrogens is 206 g/mol. The monoisotopic (exact) mass is 221 g/mol. The van der Waals surface area contributed by atoms with Crippen LogP contribution in [0.1, 0.15) is 44.5 Å². The van der Waals surface area contributed by atoms with Gasteiger partial charge in [0.1, 0.15) is 6.10 Å². The van der Waals surface area contributed by atoms with Crippen molar-refractivity contribution in [1.82, 2.24) is 10.1 Å². The molecule has 5 heteroatoms. The van der Waals surface area contributed by atoms with Gasteiger partial charge in [-0.15, -0.1) is 0 Å². The van der Waals surface area contributed by atoms with E-state index >= 15 is 0 Å². The molecule has 0 bridgehead atoms. The van der Waals surface area contributed by atoms with Crippen LogP contribution in [0.15, 0.2) is 4.52 Å². The highest BCUT2D eigenvalue weighted by atomic mass is 16.5. The van der Waals surface area contributed by atoms with Crippen LogP contribution in [0.2, 0.25) is 0 Å². The molecule has 0 radical (unpaired) electrons. The molecule has 0 aromatic carbocycles. The Morgan fingerprint density at radius 3 is 2.75 bits per heavy atom. The zero-order chi connectivity index (χ0) is 11.9.